The Morgan fingerprint density at radius 3 is 2.69 bits per heavy atom. The van der Waals surface area contributed by atoms with Crippen molar-refractivity contribution in [3.05, 3.63) is 0 Å². The monoisotopic (exact) mass is 180 g/mol. The minimum atomic E-state index is 0.561. The number of nitrogens with zero attached hydrogens (tertiary/aromatic N) is 1. The van der Waals surface area contributed by atoms with Crippen molar-refractivity contribution < 1.29 is 0 Å². The summed E-state index contributed by atoms with van der Waals surface area (Å²) in [6, 6.07) is 0. The normalized spacial score (nSPS) is 26.1. The zero-order chi connectivity index (χ0) is 9.15. The highest BCUT2D eigenvalue weighted by molar-refractivity contribution is 5.83. The molecule has 0 radical (unpaired) electrons. The minimum Gasteiger partial charge on any atom is -0.373 e. The second-order valence-electron chi connectivity index (χ2n) is 4.80. The number of amidine groups is 1. The highest BCUT2D eigenvalue weighted by Gasteiger charge is 2.28. The van der Waals surface area contributed by atoms with Gasteiger partial charge in [0.05, 0.1) is 5.84 Å². The lowest BCUT2D eigenvalue weighted by Gasteiger charge is -2.24. The van der Waals surface area contributed by atoms with Crippen LogP contribution in [0, 0.1) is 5.41 Å². The van der Waals surface area contributed by atoms with Gasteiger partial charge >= 0.3 is 0 Å². The Hall–Kier alpha value is -0.530. The van der Waals surface area contributed by atoms with Gasteiger partial charge in [-0.2, -0.15) is 0 Å². The number of rotatable bonds is 2. The molecule has 0 spiro atoms. The summed E-state index contributed by atoms with van der Waals surface area (Å²) < 4.78 is 0. The molecule has 1 aliphatic carbocycles. The Kier molecular flexibility index (Phi) is 2.56. The lowest BCUT2D eigenvalue weighted by molar-refractivity contribution is 0.335. The van der Waals surface area contributed by atoms with Gasteiger partial charge in [0.15, 0.2) is 0 Å². The summed E-state index contributed by atoms with van der Waals surface area (Å²) in [5.41, 5.74) is 0.561. The lowest BCUT2D eigenvalue weighted by Crippen LogP contribution is -2.33. The Balaban J connectivity index is 1.77. The van der Waals surface area contributed by atoms with Crippen LogP contribution < -0.4 is 5.32 Å². The molecule has 0 unspecified atom stereocenters. The molecule has 74 valence electrons. The molecule has 0 aromatic carbocycles. The molecular formula is C11H20N2. The van der Waals surface area contributed by atoms with Crippen molar-refractivity contribution in [3.8, 4) is 0 Å². The third kappa shape index (κ3) is 2.23. The summed E-state index contributed by atoms with van der Waals surface area (Å²) in [4.78, 5) is 4.43. The first kappa shape index (κ1) is 9.04. The molecular weight excluding hydrogens is 160 g/mol. The Morgan fingerprint density at radius 2 is 2.08 bits per heavy atom. The molecule has 0 bridgehead atoms. The summed E-state index contributed by atoms with van der Waals surface area (Å²) in [7, 11) is 0. The molecule has 1 saturated carbocycles. The molecule has 0 atom stereocenters. The van der Waals surface area contributed by atoms with Crippen molar-refractivity contribution in [1.29, 1.82) is 0 Å². The van der Waals surface area contributed by atoms with Crippen LogP contribution in [0.3, 0.4) is 0 Å². The molecule has 2 aliphatic rings. The molecule has 2 rings (SSSR count). The predicted octanol–water partition coefficient (Wildman–Crippen LogP) is 2.35. The van der Waals surface area contributed by atoms with E-state index in [4.69, 9.17) is 0 Å². The van der Waals surface area contributed by atoms with E-state index in [0.29, 0.717) is 5.41 Å². The molecule has 0 saturated heterocycles. The van der Waals surface area contributed by atoms with E-state index in [-0.39, 0.29) is 0 Å². The van der Waals surface area contributed by atoms with E-state index in [9.17, 15) is 0 Å². The van der Waals surface area contributed by atoms with Gasteiger partial charge in [-0.05, 0) is 24.7 Å². The summed E-state index contributed by atoms with van der Waals surface area (Å²) in [5.74, 6) is 1.26. The van der Waals surface area contributed by atoms with Crippen molar-refractivity contribution in [2.75, 3.05) is 13.1 Å². The maximum Gasteiger partial charge on any atom is 0.0963 e. The summed E-state index contributed by atoms with van der Waals surface area (Å²) in [6.45, 7) is 4.59. The number of hydrogen-bond acceptors (Lipinski definition) is 2. The smallest absolute Gasteiger partial charge is 0.0963 e. The zero-order valence-electron chi connectivity index (χ0n) is 8.60. The fraction of sp³-hybridized carbons (Fsp3) is 0.909. The van der Waals surface area contributed by atoms with Crippen LogP contribution in [-0.2, 0) is 0 Å². The van der Waals surface area contributed by atoms with Crippen molar-refractivity contribution in [1.82, 2.24) is 5.32 Å². The Morgan fingerprint density at radius 1 is 1.31 bits per heavy atom. The van der Waals surface area contributed by atoms with E-state index < -0.39 is 0 Å². The third-order valence-corrected chi connectivity index (χ3v) is 3.40. The standard InChI is InChI=1S/C11H20N2/c1-11(6-2-3-7-11)9-13-10-5-4-8-12-10/h2-9H2,1H3,(H,12,13). The van der Waals surface area contributed by atoms with E-state index in [2.05, 4.69) is 17.2 Å². The van der Waals surface area contributed by atoms with Gasteiger partial charge < -0.3 is 5.32 Å². The zero-order valence-corrected chi connectivity index (χ0v) is 8.60. The molecule has 1 aliphatic heterocycles. The molecule has 13 heavy (non-hydrogen) atoms. The quantitative estimate of drug-likeness (QED) is 0.693. The Labute approximate surface area is 80.8 Å². The van der Waals surface area contributed by atoms with E-state index in [1.165, 1.54) is 44.4 Å². The first-order valence-electron chi connectivity index (χ1n) is 5.56. The molecule has 0 amide bonds. The second kappa shape index (κ2) is 3.69. The van der Waals surface area contributed by atoms with Gasteiger partial charge in [-0.1, -0.05) is 19.8 Å². The van der Waals surface area contributed by atoms with Gasteiger partial charge in [0.2, 0.25) is 0 Å². The highest BCUT2D eigenvalue weighted by Crippen LogP contribution is 2.36. The number of hydrogen-bond donors (Lipinski definition) is 1. The fourth-order valence-electron chi connectivity index (χ4n) is 2.40. The Bertz CT molecular complexity index is 202. The van der Waals surface area contributed by atoms with Crippen LogP contribution in [0.1, 0.15) is 45.4 Å². The van der Waals surface area contributed by atoms with E-state index >= 15 is 0 Å². The van der Waals surface area contributed by atoms with Gasteiger partial charge in [-0.3, -0.25) is 4.99 Å². The average molecular weight is 180 g/mol. The fourth-order valence-corrected chi connectivity index (χ4v) is 2.40. The molecule has 0 aromatic heterocycles. The molecule has 2 heteroatoms. The van der Waals surface area contributed by atoms with Crippen molar-refractivity contribution >= 4 is 5.84 Å². The lowest BCUT2D eigenvalue weighted by atomic mass is 9.89. The van der Waals surface area contributed by atoms with Crippen LogP contribution in [0.15, 0.2) is 4.99 Å². The predicted molar refractivity (Wildman–Crippen MR) is 56.1 cm³/mol. The molecule has 2 nitrogen and oxygen atoms in total. The molecule has 0 aromatic rings. The second-order valence-corrected chi connectivity index (χ2v) is 4.80. The van der Waals surface area contributed by atoms with Gasteiger partial charge in [-0.25, -0.2) is 0 Å². The van der Waals surface area contributed by atoms with E-state index in [1.807, 2.05) is 0 Å². The third-order valence-electron chi connectivity index (χ3n) is 3.40. The first-order valence-corrected chi connectivity index (χ1v) is 5.56. The van der Waals surface area contributed by atoms with Gasteiger partial charge in [-0.15, -0.1) is 0 Å². The SMILES string of the molecule is CC1(CNC2=NCCC2)CCCC1. The van der Waals surface area contributed by atoms with Crippen LogP contribution >= 0.6 is 0 Å². The van der Waals surface area contributed by atoms with Crippen LogP contribution in [-0.4, -0.2) is 18.9 Å². The molecule has 1 heterocycles. The first-order chi connectivity index (χ1) is 6.29. The van der Waals surface area contributed by atoms with E-state index in [0.717, 1.165) is 13.1 Å². The van der Waals surface area contributed by atoms with Gasteiger partial charge in [0.25, 0.3) is 0 Å². The van der Waals surface area contributed by atoms with Crippen molar-refractivity contribution in [2.24, 2.45) is 10.4 Å². The number of aliphatic imine (C=N–C) groups is 1. The molecule has 1 N–H and O–H groups in total. The van der Waals surface area contributed by atoms with Crippen LogP contribution in [0.5, 0.6) is 0 Å². The van der Waals surface area contributed by atoms with E-state index in [1.54, 1.807) is 0 Å². The van der Waals surface area contributed by atoms with Crippen molar-refractivity contribution in [3.63, 3.8) is 0 Å². The average Bonchev–Trinajstić information content (AvgIpc) is 2.72. The van der Waals surface area contributed by atoms with Crippen molar-refractivity contribution in [2.45, 2.75) is 45.4 Å². The summed E-state index contributed by atoms with van der Waals surface area (Å²) in [5, 5.41) is 3.51. The maximum atomic E-state index is 4.43. The summed E-state index contributed by atoms with van der Waals surface area (Å²) >= 11 is 0. The van der Waals surface area contributed by atoms with Gasteiger partial charge in [0.1, 0.15) is 0 Å². The maximum absolute atomic E-state index is 4.43. The topological polar surface area (TPSA) is 24.4 Å². The van der Waals surface area contributed by atoms with Crippen LogP contribution in [0.25, 0.3) is 0 Å². The van der Waals surface area contributed by atoms with Crippen LogP contribution in [0.4, 0.5) is 0 Å². The van der Waals surface area contributed by atoms with Gasteiger partial charge in [0, 0.05) is 19.5 Å². The number of nitrogens with one attached hydrogen (secondary N) is 1. The summed E-state index contributed by atoms with van der Waals surface area (Å²) in [6.07, 6.45) is 8.06. The van der Waals surface area contributed by atoms with Crippen LogP contribution in [0.2, 0.25) is 0 Å². The minimum absolute atomic E-state index is 0.561. The highest BCUT2D eigenvalue weighted by atomic mass is 15.0. The largest absolute Gasteiger partial charge is 0.373 e. The molecule has 1 fully saturated rings.